The summed E-state index contributed by atoms with van der Waals surface area (Å²) >= 11 is 12.4. The molecule has 2 heterocycles. The highest BCUT2D eigenvalue weighted by Gasteiger charge is 2.42. The number of amides is 1. The standard InChI is InChI=1S/C22H19Cl2NO4/c1-12-9-17-15(11-16(12)24)20(26)18-19(13-5-3-6-14(23)10-13)25(7-4-8-28-2)22(27)21(18)29-17/h3,5-6,9-11,19H,4,7-8H2,1-2H3. The number of benzene rings is 2. The lowest BCUT2D eigenvalue weighted by Crippen LogP contribution is -2.31. The minimum atomic E-state index is -0.575. The third-order valence-corrected chi connectivity index (χ3v) is 5.80. The molecule has 150 valence electrons. The van der Waals surface area contributed by atoms with E-state index >= 15 is 0 Å². The maximum atomic E-state index is 13.4. The zero-order valence-corrected chi connectivity index (χ0v) is 17.5. The van der Waals surface area contributed by atoms with Crippen LogP contribution in [0, 0.1) is 6.92 Å². The van der Waals surface area contributed by atoms with Gasteiger partial charge < -0.3 is 14.1 Å². The number of fused-ring (bicyclic) bond motifs is 2. The molecule has 0 saturated heterocycles. The fourth-order valence-electron chi connectivity index (χ4n) is 3.77. The molecule has 0 saturated carbocycles. The van der Waals surface area contributed by atoms with Crippen molar-refractivity contribution in [3.63, 3.8) is 0 Å². The number of ether oxygens (including phenoxy) is 1. The molecule has 1 amide bonds. The lowest BCUT2D eigenvalue weighted by Gasteiger charge is -2.25. The van der Waals surface area contributed by atoms with Crippen LogP contribution in [0.2, 0.25) is 10.0 Å². The Hall–Kier alpha value is -2.34. The zero-order chi connectivity index (χ0) is 20.7. The average molecular weight is 432 g/mol. The number of hydrogen-bond acceptors (Lipinski definition) is 4. The number of halogens is 2. The molecule has 0 bridgehead atoms. The smallest absolute Gasteiger partial charge is 0.290 e. The monoisotopic (exact) mass is 431 g/mol. The Morgan fingerprint density at radius 3 is 2.69 bits per heavy atom. The predicted octanol–water partition coefficient (Wildman–Crippen LogP) is 4.99. The van der Waals surface area contributed by atoms with Crippen LogP contribution in [0.3, 0.4) is 0 Å². The first kappa shape index (κ1) is 20.0. The van der Waals surface area contributed by atoms with Gasteiger partial charge in [0.15, 0.2) is 5.43 Å². The van der Waals surface area contributed by atoms with Crippen molar-refractivity contribution in [3.05, 3.63) is 79.1 Å². The molecule has 4 rings (SSSR count). The maximum absolute atomic E-state index is 13.4. The van der Waals surface area contributed by atoms with E-state index in [0.717, 1.165) is 11.1 Å². The van der Waals surface area contributed by atoms with Crippen LogP contribution in [0.4, 0.5) is 0 Å². The molecule has 0 radical (unpaired) electrons. The van der Waals surface area contributed by atoms with Crippen molar-refractivity contribution < 1.29 is 13.9 Å². The molecule has 5 nitrogen and oxygen atoms in total. The highest BCUT2D eigenvalue weighted by atomic mass is 35.5. The normalized spacial score (nSPS) is 15.9. The Labute approximate surface area is 177 Å². The molecular weight excluding hydrogens is 413 g/mol. The molecule has 1 aromatic heterocycles. The van der Waals surface area contributed by atoms with Gasteiger partial charge in [0.25, 0.3) is 5.91 Å². The van der Waals surface area contributed by atoms with Gasteiger partial charge in [0.2, 0.25) is 5.76 Å². The Morgan fingerprint density at radius 2 is 1.97 bits per heavy atom. The number of methoxy groups -OCH3 is 1. The SMILES string of the molecule is COCCCN1C(=O)c2oc3cc(C)c(Cl)cc3c(=O)c2C1c1cccc(Cl)c1. The highest BCUT2D eigenvalue weighted by Crippen LogP contribution is 2.39. The summed E-state index contributed by atoms with van der Waals surface area (Å²) in [6, 6.07) is 9.89. The van der Waals surface area contributed by atoms with Crippen LogP contribution in [0.25, 0.3) is 11.0 Å². The van der Waals surface area contributed by atoms with Crippen LogP contribution < -0.4 is 5.43 Å². The number of hydrogen-bond donors (Lipinski definition) is 0. The second kappa shape index (κ2) is 7.82. The first-order valence-corrected chi connectivity index (χ1v) is 10.00. The van der Waals surface area contributed by atoms with Crippen molar-refractivity contribution in [2.24, 2.45) is 0 Å². The van der Waals surface area contributed by atoms with E-state index in [1.54, 1.807) is 42.3 Å². The van der Waals surface area contributed by atoms with Crippen molar-refractivity contribution >= 4 is 40.1 Å². The second-order valence-electron chi connectivity index (χ2n) is 7.07. The largest absolute Gasteiger partial charge is 0.450 e. The van der Waals surface area contributed by atoms with Crippen LogP contribution in [0.15, 0.2) is 45.6 Å². The zero-order valence-electron chi connectivity index (χ0n) is 16.0. The molecule has 3 aromatic rings. The molecule has 2 aromatic carbocycles. The Bertz CT molecular complexity index is 1170. The van der Waals surface area contributed by atoms with Gasteiger partial charge >= 0.3 is 0 Å². The summed E-state index contributed by atoms with van der Waals surface area (Å²) in [6.45, 7) is 2.74. The van der Waals surface area contributed by atoms with Gasteiger partial charge in [0.1, 0.15) is 5.58 Å². The molecule has 0 N–H and O–H groups in total. The molecule has 7 heteroatoms. The van der Waals surface area contributed by atoms with Gasteiger partial charge in [-0.3, -0.25) is 9.59 Å². The quantitative estimate of drug-likeness (QED) is 0.533. The van der Waals surface area contributed by atoms with Gasteiger partial charge in [-0.2, -0.15) is 0 Å². The Morgan fingerprint density at radius 1 is 1.17 bits per heavy atom. The summed E-state index contributed by atoms with van der Waals surface area (Å²) in [5.74, 6) is -0.237. The molecule has 1 unspecified atom stereocenters. The summed E-state index contributed by atoms with van der Waals surface area (Å²) in [6.07, 6.45) is 0.631. The highest BCUT2D eigenvalue weighted by molar-refractivity contribution is 6.32. The van der Waals surface area contributed by atoms with E-state index in [0.29, 0.717) is 46.2 Å². The average Bonchev–Trinajstić information content (AvgIpc) is 2.96. The van der Waals surface area contributed by atoms with E-state index in [2.05, 4.69) is 0 Å². The fraction of sp³-hybridized carbons (Fsp3) is 0.273. The Balaban J connectivity index is 1.95. The minimum absolute atomic E-state index is 0.0756. The van der Waals surface area contributed by atoms with Gasteiger partial charge in [0.05, 0.1) is 17.0 Å². The minimum Gasteiger partial charge on any atom is -0.450 e. The van der Waals surface area contributed by atoms with Crippen LogP contribution in [-0.4, -0.2) is 31.1 Å². The van der Waals surface area contributed by atoms with E-state index in [-0.39, 0.29) is 17.1 Å². The summed E-state index contributed by atoms with van der Waals surface area (Å²) in [5.41, 5.74) is 1.95. The van der Waals surface area contributed by atoms with Gasteiger partial charge in [-0.15, -0.1) is 0 Å². The van der Waals surface area contributed by atoms with Crippen molar-refractivity contribution in [1.82, 2.24) is 4.90 Å². The molecule has 1 aliphatic heterocycles. The van der Waals surface area contributed by atoms with E-state index in [1.807, 2.05) is 13.0 Å². The lowest BCUT2D eigenvalue weighted by molar-refractivity contribution is 0.0708. The van der Waals surface area contributed by atoms with Gasteiger partial charge in [0, 0.05) is 30.3 Å². The molecule has 0 aliphatic carbocycles. The third-order valence-electron chi connectivity index (χ3n) is 5.16. The van der Waals surface area contributed by atoms with E-state index in [1.165, 1.54) is 0 Å². The van der Waals surface area contributed by atoms with Crippen LogP contribution in [-0.2, 0) is 4.74 Å². The second-order valence-corrected chi connectivity index (χ2v) is 7.92. The maximum Gasteiger partial charge on any atom is 0.290 e. The third kappa shape index (κ3) is 3.44. The lowest BCUT2D eigenvalue weighted by atomic mass is 9.98. The van der Waals surface area contributed by atoms with E-state index in [4.69, 9.17) is 32.4 Å². The fourth-order valence-corrected chi connectivity index (χ4v) is 4.14. The van der Waals surface area contributed by atoms with E-state index < -0.39 is 6.04 Å². The topological polar surface area (TPSA) is 59.8 Å². The molecule has 0 spiro atoms. The van der Waals surface area contributed by atoms with Gasteiger partial charge in [-0.05, 0) is 48.7 Å². The van der Waals surface area contributed by atoms with Crippen molar-refractivity contribution in [2.45, 2.75) is 19.4 Å². The first-order chi connectivity index (χ1) is 13.9. The molecule has 29 heavy (non-hydrogen) atoms. The van der Waals surface area contributed by atoms with Crippen LogP contribution in [0.1, 0.15) is 39.7 Å². The Kier molecular flexibility index (Phi) is 5.38. The van der Waals surface area contributed by atoms with Gasteiger partial charge in [-0.25, -0.2) is 0 Å². The van der Waals surface area contributed by atoms with Gasteiger partial charge in [-0.1, -0.05) is 35.3 Å². The first-order valence-electron chi connectivity index (χ1n) is 9.24. The summed E-state index contributed by atoms with van der Waals surface area (Å²) in [5, 5.41) is 1.37. The number of rotatable bonds is 5. The van der Waals surface area contributed by atoms with Crippen molar-refractivity contribution in [3.8, 4) is 0 Å². The number of carbonyl (C=O) groups is 1. The van der Waals surface area contributed by atoms with E-state index in [9.17, 15) is 9.59 Å². The molecular formula is C22H19Cl2NO4. The van der Waals surface area contributed by atoms with Crippen molar-refractivity contribution in [2.75, 3.05) is 20.3 Å². The summed E-state index contributed by atoms with van der Waals surface area (Å²) in [4.78, 5) is 28.3. The number of nitrogens with zero attached hydrogens (tertiary/aromatic N) is 1. The summed E-state index contributed by atoms with van der Waals surface area (Å²) in [7, 11) is 1.61. The number of carbonyl (C=O) groups excluding carboxylic acids is 1. The molecule has 0 fully saturated rings. The van der Waals surface area contributed by atoms with Crippen molar-refractivity contribution in [1.29, 1.82) is 0 Å². The van der Waals surface area contributed by atoms with Crippen LogP contribution >= 0.6 is 23.2 Å². The molecule has 1 aliphatic rings. The number of aryl methyl sites for hydroxylation is 1. The predicted molar refractivity (Wildman–Crippen MR) is 113 cm³/mol. The molecule has 1 atom stereocenters. The summed E-state index contributed by atoms with van der Waals surface area (Å²) < 4.78 is 11.1. The van der Waals surface area contributed by atoms with Crippen LogP contribution in [0.5, 0.6) is 0 Å².